The van der Waals surface area contributed by atoms with Gasteiger partial charge < -0.3 is 0 Å². The molecule has 0 aromatic carbocycles. The van der Waals surface area contributed by atoms with Crippen LogP contribution in [0.25, 0.3) is 0 Å². The maximum absolute atomic E-state index is 5.78. The first-order valence-electron chi connectivity index (χ1n) is 6.41. The summed E-state index contributed by atoms with van der Waals surface area (Å²) in [4.78, 5) is 0. The van der Waals surface area contributed by atoms with Crippen molar-refractivity contribution in [2.45, 2.75) is 36.3 Å². The van der Waals surface area contributed by atoms with Crippen molar-refractivity contribution < 1.29 is 0 Å². The van der Waals surface area contributed by atoms with Crippen molar-refractivity contribution >= 4 is 23.5 Å². The van der Waals surface area contributed by atoms with Gasteiger partial charge >= 0.3 is 0 Å². The lowest BCUT2D eigenvalue weighted by Gasteiger charge is -2.35. The number of rotatable bonds is 5. The van der Waals surface area contributed by atoms with E-state index in [-0.39, 0.29) is 0 Å². The summed E-state index contributed by atoms with van der Waals surface area (Å²) >= 11 is 4.16. The highest BCUT2D eigenvalue weighted by atomic mass is 32.2. The summed E-state index contributed by atoms with van der Waals surface area (Å²) in [6.07, 6.45) is 6.18. The molecule has 4 nitrogen and oxygen atoms in total. The maximum atomic E-state index is 5.78. The molecule has 3 unspecified atom stereocenters. The Balaban J connectivity index is 2.02. The van der Waals surface area contributed by atoms with Crippen LogP contribution in [0.5, 0.6) is 0 Å². The van der Waals surface area contributed by atoms with E-state index in [0.29, 0.717) is 16.5 Å². The summed E-state index contributed by atoms with van der Waals surface area (Å²) < 4.78 is 1.85. The first-order chi connectivity index (χ1) is 8.74. The second-order valence-electron chi connectivity index (χ2n) is 4.65. The molecule has 1 aliphatic rings. The van der Waals surface area contributed by atoms with Gasteiger partial charge in [0.2, 0.25) is 0 Å². The number of nitrogens with one attached hydrogen (secondary N) is 1. The number of thioether (sulfide) groups is 2. The lowest BCUT2D eigenvalue weighted by molar-refractivity contribution is 0.490. The van der Waals surface area contributed by atoms with Crippen LogP contribution >= 0.6 is 23.5 Å². The first kappa shape index (κ1) is 14.2. The molecule has 0 aliphatic carbocycles. The smallest absolute Gasteiger partial charge is 0.0522 e. The van der Waals surface area contributed by atoms with E-state index in [2.05, 4.69) is 47.2 Å². The van der Waals surface area contributed by atoms with Gasteiger partial charge in [-0.1, -0.05) is 6.92 Å². The predicted molar refractivity (Wildman–Crippen MR) is 80.8 cm³/mol. The van der Waals surface area contributed by atoms with Gasteiger partial charge in [0, 0.05) is 41.3 Å². The molecule has 0 spiro atoms. The van der Waals surface area contributed by atoms with E-state index in [1.165, 1.54) is 23.5 Å². The topological polar surface area (TPSA) is 55.9 Å². The number of aryl methyl sites for hydroxylation is 1. The van der Waals surface area contributed by atoms with Gasteiger partial charge in [-0.3, -0.25) is 16.0 Å². The fraction of sp³-hybridized carbons (Fsp3) is 0.750. The highest BCUT2D eigenvalue weighted by molar-refractivity contribution is 8.07. The number of hydrazine groups is 1. The van der Waals surface area contributed by atoms with Crippen molar-refractivity contribution in [3.8, 4) is 0 Å². The average molecular weight is 286 g/mol. The lowest BCUT2D eigenvalue weighted by Crippen LogP contribution is -2.49. The second kappa shape index (κ2) is 6.84. The first-order valence-corrected chi connectivity index (χ1v) is 8.51. The van der Waals surface area contributed by atoms with Crippen LogP contribution in [-0.2, 0) is 13.5 Å². The van der Waals surface area contributed by atoms with Crippen LogP contribution in [0, 0.1) is 0 Å². The van der Waals surface area contributed by atoms with E-state index in [0.717, 1.165) is 6.42 Å². The van der Waals surface area contributed by atoms with E-state index in [4.69, 9.17) is 5.84 Å². The van der Waals surface area contributed by atoms with Gasteiger partial charge in [0.25, 0.3) is 0 Å². The van der Waals surface area contributed by atoms with Crippen LogP contribution in [0.4, 0.5) is 0 Å². The minimum absolute atomic E-state index is 0.331. The van der Waals surface area contributed by atoms with E-state index in [1.807, 2.05) is 17.9 Å². The van der Waals surface area contributed by atoms with Crippen LogP contribution in [-0.4, -0.2) is 37.8 Å². The molecule has 0 amide bonds. The van der Waals surface area contributed by atoms with Crippen molar-refractivity contribution in [2.24, 2.45) is 12.9 Å². The monoisotopic (exact) mass is 286 g/mol. The molecule has 0 saturated carbocycles. The molecule has 2 heterocycles. The Morgan fingerprint density at radius 2 is 2.33 bits per heavy atom. The Hall–Kier alpha value is -0.170. The molecule has 6 heteroatoms. The molecular formula is C12H22N4S2. The zero-order chi connectivity index (χ0) is 13.0. The van der Waals surface area contributed by atoms with Crippen molar-refractivity contribution in [1.29, 1.82) is 0 Å². The Morgan fingerprint density at radius 3 is 2.94 bits per heavy atom. The number of hydrogen-bond donors (Lipinski definition) is 2. The molecule has 2 rings (SSSR count). The molecule has 3 N–H and O–H groups in total. The summed E-state index contributed by atoms with van der Waals surface area (Å²) in [6.45, 7) is 2.27. The van der Waals surface area contributed by atoms with Crippen LogP contribution in [0.1, 0.15) is 18.9 Å². The van der Waals surface area contributed by atoms with Gasteiger partial charge in [-0.05, 0) is 18.4 Å². The van der Waals surface area contributed by atoms with Gasteiger partial charge in [0.1, 0.15) is 0 Å². The summed E-state index contributed by atoms with van der Waals surface area (Å²) in [5.41, 5.74) is 4.28. The van der Waals surface area contributed by atoms with Crippen LogP contribution < -0.4 is 11.3 Å². The molecule has 18 heavy (non-hydrogen) atoms. The Labute approximate surface area is 117 Å². The minimum atomic E-state index is 0.331. The van der Waals surface area contributed by atoms with Crippen LogP contribution in [0.2, 0.25) is 0 Å². The molecule has 1 aliphatic heterocycles. The van der Waals surface area contributed by atoms with E-state index in [9.17, 15) is 0 Å². The largest absolute Gasteiger partial charge is 0.276 e. The van der Waals surface area contributed by atoms with Gasteiger partial charge in [0.15, 0.2) is 0 Å². The third-order valence-corrected chi connectivity index (χ3v) is 6.73. The Bertz CT molecular complexity index is 369. The molecule has 0 bridgehead atoms. The molecule has 3 atom stereocenters. The SMILES string of the molecule is CCC1SCCSC1C(Cc1cnn(C)c1)NN. The zero-order valence-electron chi connectivity index (χ0n) is 11.0. The van der Waals surface area contributed by atoms with Crippen molar-refractivity contribution in [3.63, 3.8) is 0 Å². The Morgan fingerprint density at radius 1 is 1.56 bits per heavy atom. The highest BCUT2D eigenvalue weighted by Crippen LogP contribution is 2.35. The summed E-state index contributed by atoms with van der Waals surface area (Å²) in [6, 6.07) is 0.331. The van der Waals surface area contributed by atoms with Gasteiger partial charge in [-0.2, -0.15) is 28.6 Å². The number of nitrogens with two attached hydrogens (primary N) is 1. The molecule has 1 fully saturated rings. The number of nitrogens with zero attached hydrogens (tertiary/aromatic N) is 2. The van der Waals surface area contributed by atoms with E-state index >= 15 is 0 Å². The van der Waals surface area contributed by atoms with E-state index < -0.39 is 0 Å². The third kappa shape index (κ3) is 3.44. The average Bonchev–Trinajstić information content (AvgIpc) is 2.81. The molecular weight excluding hydrogens is 264 g/mol. The minimum Gasteiger partial charge on any atom is -0.276 e. The lowest BCUT2D eigenvalue weighted by atomic mass is 10.0. The zero-order valence-corrected chi connectivity index (χ0v) is 12.6. The predicted octanol–water partition coefficient (Wildman–Crippen LogP) is 1.42. The van der Waals surface area contributed by atoms with Crippen LogP contribution in [0.15, 0.2) is 12.4 Å². The fourth-order valence-electron chi connectivity index (χ4n) is 2.41. The van der Waals surface area contributed by atoms with Gasteiger partial charge in [-0.25, -0.2) is 0 Å². The molecule has 0 radical (unpaired) electrons. The maximum Gasteiger partial charge on any atom is 0.0522 e. The van der Waals surface area contributed by atoms with Crippen LogP contribution in [0.3, 0.4) is 0 Å². The number of aromatic nitrogens is 2. The highest BCUT2D eigenvalue weighted by Gasteiger charge is 2.31. The standard InChI is InChI=1S/C12H22N4S2/c1-3-11-12(18-5-4-17-11)10(15-13)6-9-7-14-16(2)8-9/h7-8,10-12,15H,3-6,13H2,1-2H3. The number of hydrogen-bond acceptors (Lipinski definition) is 5. The summed E-state index contributed by atoms with van der Waals surface area (Å²) in [7, 11) is 1.95. The van der Waals surface area contributed by atoms with Crippen molar-refractivity contribution in [1.82, 2.24) is 15.2 Å². The third-order valence-electron chi connectivity index (χ3n) is 3.32. The summed E-state index contributed by atoms with van der Waals surface area (Å²) in [5.74, 6) is 8.28. The van der Waals surface area contributed by atoms with Crippen molar-refractivity contribution in [3.05, 3.63) is 18.0 Å². The van der Waals surface area contributed by atoms with Crippen molar-refractivity contribution in [2.75, 3.05) is 11.5 Å². The second-order valence-corrected chi connectivity index (χ2v) is 7.29. The molecule has 102 valence electrons. The fourth-order valence-corrected chi connectivity index (χ4v) is 5.66. The quantitative estimate of drug-likeness (QED) is 0.633. The molecule has 1 aromatic heterocycles. The summed E-state index contributed by atoms with van der Waals surface area (Å²) in [5, 5.41) is 5.53. The molecule has 1 aromatic rings. The Kier molecular flexibility index (Phi) is 5.41. The normalized spacial score (nSPS) is 26.2. The van der Waals surface area contributed by atoms with E-state index in [1.54, 1.807) is 0 Å². The van der Waals surface area contributed by atoms with Gasteiger partial charge in [0.05, 0.1) is 6.20 Å². The molecule has 1 saturated heterocycles. The van der Waals surface area contributed by atoms with Gasteiger partial charge in [-0.15, -0.1) is 0 Å².